The molecule has 1 N–H and O–H groups in total. The number of ether oxygens (including phenoxy) is 1. The monoisotopic (exact) mass is 450 g/mol. The predicted octanol–water partition coefficient (Wildman–Crippen LogP) is 3.87. The van der Waals surface area contributed by atoms with Crippen LogP contribution in [0.5, 0.6) is 5.75 Å². The zero-order valence-electron chi connectivity index (χ0n) is 17.6. The first-order valence-corrected chi connectivity index (χ1v) is 12.1. The number of methoxy groups -OCH3 is 1. The summed E-state index contributed by atoms with van der Waals surface area (Å²) < 4.78 is 31.5. The van der Waals surface area contributed by atoms with Gasteiger partial charge in [0.05, 0.1) is 25.1 Å². The Bertz CT molecular complexity index is 1060. The van der Waals surface area contributed by atoms with E-state index in [2.05, 4.69) is 17.4 Å². The molecule has 2 aromatic carbocycles. The third kappa shape index (κ3) is 4.73. The van der Waals surface area contributed by atoms with Crippen molar-refractivity contribution < 1.29 is 17.9 Å². The Balaban J connectivity index is 1.85. The smallest absolute Gasteiger partial charge is 0.244 e. The Labute approximate surface area is 183 Å². The fraction of sp³-hybridized carbons (Fsp3) is 0.409. The van der Waals surface area contributed by atoms with Crippen LogP contribution in [0.2, 0.25) is 5.02 Å². The maximum atomic E-state index is 13.0. The molecule has 2 atom stereocenters. The van der Waals surface area contributed by atoms with E-state index in [1.165, 1.54) is 24.3 Å². The Morgan fingerprint density at radius 1 is 1.13 bits per heavy atom. The molecule has 2 aromatic rings. The van der Waals surface area contributed by atoms with E-state index in [9.17, 15) is 13.2 Å². The molecule has 0 saturated heterocycles. The molecule has 0 spiro atoms. The number of fused-ring (bicyclic) bond motifs is 1. The van der Waals surface area contributed by atoms with Gasteiger partial charge in [-0.15, -0.1) is 0 Å². The van der Waals surface area contributed by atoms with Gasteiger partial charge in [0.1, 0.15) is 11.8 Å². The molecule has 1 amide bonds. The highest BCUT2D eigenvalue weighted by Gasteiger charge is 2.32. The van der Waals surface area contributed by atoms with E-state index in [4.69, 9.17) is 16.3 Å². The molecule has 0 radical (unpaired) electrons. The molecule has 0 bridgehead atoms. The summed E-state index contributed by atoms with van der Waals surface area (Å²) in [5.41, 5.74) is 3.91. The van der Waals surface area contributed by atoms with E-state index in [1.807, 2.05) is 13.0 Å². The Kier molecular flexibility index (Phi) is 6.62. The third-order valence-corrected chi connectivity index (χ3v) is 6.91. The number of benzene rings is 2. The van der Waals surface area contributed by atoms with Crippen LogP contribution in [0.3, 0.4) is 0 Å². The normalized spacial score (nSPS) is 15.2. The van der Waals surface area contributed by atoms with Crippen molar-refractivity contribution >= 4 is 33.2 Å². The van der Waals surface area contributed by atoms with Gasteiger partial charge in [-0.25, -0.2) is 8.42 Å². The van der Waals surface area contributed by atoms with Gasteiger partial charge in [-0.3, -0.25) is 9.10 Å². The summed E-state index contributed by atoms with van der Waals surface area (Å²) in [5, 5.41) is 3.29. The lowest BCUT2D eigenvalue weighted by atomic mass is 10.0. The summed E-state index contributed by atoms with van der Waals surface area (Å²) in [6, 6.07) is 9.68. The van der Waals surface area contributed by atoms with Gasteiger partial charge in [0.2, 0.25) is 15.9 Å². The number of amides is 1. The molecule has 1 aliphatic carbocycles. The van der Waals surface area contributed by atoms with Crippen LogP contribution in [-0.2, 0) is 27.7 Å². The average Bonchev–Trinajstić information content (AvgIpc) is 3.14. The molecule has 3 rings (SSSR count). The summed E-state index contributed by atoms with van der Waals surface area (Å²) in [6.07, 6.45) is 4.36. The van der Waals surface area contributed by atoms with E-state index in [0.29, 0.717) is 10.8 Å². The first kappa shape index (κ1) is 22.4. The van der Waals surface area contributed by atoms with E-state index < -0.39 is 22.0 Å². The van der Waals surface area contributed by atoms with Crippen LogP contribution >= 0.6 is 11.6 Å². The Morgan fingerprint density at radius 3 is 2.50 bits per heavy atom. The number of hydrogen-bond acceptors (Lipinski definition) is 4. The molecule has 30 heavy (non-hydrogen) atoms. The maximum Gasteiger partial charge on any atom is 0.244 e. The molecule has 0 heterocycles. The second-order valence-corrected chi connectivity index (χ2v) is 9.96. The van der Waals surface area contributed by atoms with Crippen LogP contribution < -0.4 is 14.4 Å². The average molecular weight is 451 g/mol. The van der Waals surface area contributed by atoms with Crippen LogP contribution in [-0.4, -0.2) is 33.7 Å². The quantitative estimate of drug-likeness (QED) is 0.694. The number of sulfonamides is 1. The number of nitrogens with one attached hydrogen (secondary N) is 1. The van der Waals surface area contributed by atoms with Gasteiger partial charge in [0.25, 0.3) is 0 Å². The summed E-state index contributed by atoms with van der Waals surface area (Å²) in [4.78, 5) is 13.0. The van der Waals surface area contributed by atoms with Crippen molar-refractivity contribution in [1.29, 1.82) is 0 Å². The molecule has 0 fully saturated rings. The van der Waals surface area contributed by atoms with Crippen molar-refractivity contribution in [3.63, 3.8) is 0 Å². The van der Waals surface area contributed by atoms with Gasteiger partial charge < -0.3 is 10.1 Å². The fourth-order valence-corrected chi connectivity index (χ4v) is 5.23. The Hall–Kier alpha value is -2.25. The van der Waals surface area contributed by atoms with Gasteiger partial charge in [0, 0.05) is 5.02 Å². The summed E-state index contributed by atoms with van der Waals surface area (Å²) in [6.45, 7) is 3.44. The first-order valence-electron chi connectivity index (χ1n) is 9.87. The molecular weight excluding hydrogens is 424 g/mol. The second kappa shape index (κ2) is 8.86. The SMILES string of the molecule is COc1ccc(Cl)cc1N([C@@H](C)C(=O)N[C@H](C)c1ccc2c(c1)CCC2)S(C)(=O)=O. The third-order valence-electron chi connectivity index (χ3n) is 5.45. The van der Waals surface area contributed by atoms with Crippen molar-refractivity contribution in [2.75, 3.05) is 17.7 Å². The first-order chi connectivity index (χ1) is 14.1. The molecule has 0 aromatic heterocycles. The minimum absolute atomic E-state index is 0.223. The molecule has 1 aliphatic rings. The number of carbonyl (C=O) groups is 1. The van der Waals surface area contributed by atoms with Gasteiger partial charge in [-0.05, 0) is 68.0 Å². The zero-order chi connectivity index (χ0) is 22.1. The topological polar surface area (TPSA) is 75.7 Å². The molecule has 0 saturated carbocycles. The largest absolute Gasteiger partial charge is 0.495 e. The number of hydrogen-bond donors (Lipinski definition) is 1. The van der Waals surface area contributed by atoms with Gasteiger partial charge in [-0.1, -0.05) is 29.8 Å². The molecule has 8 heteroatoms. The van der Waals surface area contributed by atoms with Gasteiger partial charge in [0.15, 0.2) is 0 Å². The van der Waals surface area contributed by atoms with Crippen molar-refractivity contribution in [1.82, 2.24) is 5.32 Å². The number of nitrogens with zero attached hydrogens (tertiary/aromatic N) is 1. The lowest BCUT2D eigenvalue weighted by Gasteiger charge is -2.30. The van der Waals surface area contributed by atoms with Crippen LogP contribution in [0, 0.1) is 0 Å². The number of anilines is 1. The van der Waals surface area contributed by atoms with Crippen molar-refractivity contribution in [3.05, 3.63) is 58.1 Å². The number of rotatable bonds is 7. The summed E-state index contributed by atoms with van der Waals surface area (Å²) in [5.74, 6) is -0.0911. The molecular formula is C22H27ClN2O4S. The molecule has 0 unspecified atom stereocenters. The van der Waals surface area contributed by atoms with Gasteiger partial charge >= 0.3 is 0 Å². The molecule has 6 nitrogen and oxygen atoms in total. The number of aryl methyl sites for hydroxylation is 2. The highest BCUT2D eigenvalue weighted by Crippen LogP contribution is 2.34. The van der Waals surface area contributed by atoms with E-state index in [0.717, 1.165) is 35.4 Å². The Morgan fingerprint density at radius 2 is 1.83 bits per heavy atom. The second-order valence-electron chi connectivity index (χ2n) is 7.66. The highest BCUT2D eigenvalue weighted by atomic mass is 35.5. The van der Waals surface area contributed by atoms with Crippen molar-refractivity contribution in [2.45, 2.75) is 45.2 Å². The van der Waals surface area contributed by atoms with Crippen molar-refractivity contribution in [2.24, 2.45) is 0 Å². The maximum absolute atomic E-state index is 13.0. The van der Waals surface area contributed by atoms with E-state index in [1.54, 1.807) is 19.1 Å². The van der Waals surface area contributed by atoms with E-state index in [-0.39, 0.29) is 11.7 Å². The molecule has 0 aliphatic heterocycles. The highest BCUT2D eigenvalue weighted by molar-refractivity contribution is 7.92. The van der Waals surface area contributed by atoms with Crippen LogP contribution in [0.15, 0.2) is 36.4 Å². The summed E-state index contributed by atoms with van der Waals surface area (Å²) >= 11 is 6.09. The van der Waals surface area contributed by atoms with Crippen LogP contribution in [0.25, 0.3) is 0 Å². The standard InChI is InChI=1S/C22H27ClN2O4S/c1-14(17-9-8-16-6-5-7-18(16)12-17)24-22(26)15(2)25(30(4,27)28)20-13-19(23)10-11-21(20)29-3/h8-15H,5-7H2,1-4H3,(H,24,26)/t14-,15+/m1/s1. The minimum atomic E-state index is -3.79. The van der Waals surface area contributed by atoms with Crippen LogP contribution in [0.4, 0.5) is 5.69 Å². The van der Waals surface area contributed by atoms with E-state index >= 15 is 0 Å². The predicted molar refractivity (Wildman–Crippen MR) is 120 cm³/mol. The lowest BCUT2D eigenvalue weighted by Crippen LogP contribution is -2.48. The van der Waals surface area contributed by atoms with Gasteiger partial charge in [-0.2, -0.15) is 0 Å². The van der Waals surface area contributed by atoms with Crippen LogP contribution in [0.1, 0.15) is 43.0 Å². The fourth-order valence-electron chi connectivity index (χ4n) is 3.89. The lowest BCUT2D eigenvalue weighted by molar-refractivity contribution is -0.122. The zero-order valence-corrected chi connectivity index (χ0v) is 19.2. The van der Waals surface area contributed by atoms with Crippen molar-refractivity contribution in [3.8, 4) is 5.75 Å². The number of halogens is 1. The molecule has 162 valence electrons. The minimum Gasteiger partial charge on any atom is -0.495 e. The number of carbonyl (C=O) groups excluding carboxylic acids is 1. The summed E-state index contributed by atoms with van der Waals surface area (Å²) in [7, 11) is -2.35.